The molecule has 2 unspecified atom stereocenters. The van der Waals surface area contributed by atoms with Gasteiger partial charge < -0.3 is 16.0 Å². The van der Waals surface area contributed by atoms with E-state index >= 15 is 0 Å². The van der Waals surface area contributed by atoms with Gasteiger partial charge in [-0.3, -0.25) is 4.79 Å². The highest BCUT2D eigenvalue weighted by Gasteiger charge is 2.29. The number of hydrogen-bond acceptors (Lipinski definition) is 6. The molecule has 1 aliphatic rings. The van der Waals surface area contributed by atoms with Crippen LogP contribution in [0.1, 0.15) is 30.4 Å². The van der Waals surface area contributed by atoms with Crippen molar-refractivity contribution < 1.29 is 4.79 Å². The van der Waals surface area contributed by atoms with Gasteiger partial charge in [0.15, 0.2) is 5.13 Å². The molecule has 0 aromatic carbocycles. The van der Waals surface area contributed by atoms with Crippen LogP contribution in [0.15, 0.2) is 0 Å². The Kier molecular flexibility index (Phi) is 4.57. The number of thioether (sulfide) groups is 1. The number of nitrogens with one attached hydrogen (secondary N) is 1. The van der Waals surface area contributed by atoms with E-state index in [-0.39, 0.29) is 5.91 Å². The summed E-state index contributed by atoms with van der Waals surface area (Å²) in [6.07, 6.45) is 0. The lowest BCUT2D eigenvalue weighted by Gasteiger charge is -2.34. The molecule has 0 bridgehead atoms. The van der Waals surface area contributed by atoms with Gasteiger partial charge >= 0.3 is 0 Å². The molecule has 0 saturated carbocycles. The molecule has 3 N–H and O–H groups in total. The number of nitrogens with zero attached hydrogens (tertiary/aromatic N) is 2. The predicted molar refractivity (Wildman–Crippen MR) is 83.1 cm³/mol. The molecule has 2 heterocycles. The molecular formula is C12H20N4OS2. The highest BCUT2D eigenvalue weighted by Crippen LogP contribution is 2.30. The van der Waals surface area contributed by atoms with Crippen LogP contribution in [0.2, 0.25) is 0 Å². The largest absolute Gasteiger partial charge is 0.382 e. The van der Waals surface area contributed by atoms with Crippen molar-refractivity contribution in [2.75, 3.05) is 30.7 Å². The summed E-state index contributed by atoms with van der Waals surface area (Å²) in [5.74, 6) is 0.350. The summed E-state index contributed by atoms with van der Waals surface area (Å²) in [5.41, 5.74) is 5.86. The average molecular weight is 300 g/mol. The molecule has 1 fully saturated rings. The molecule has 19 heavy (non-hydrogen) atoms. The fraction of sp³-hybridized carbons (Fsp3) is 0.667. The van der Waals surface area contributed by atoms with E-state index in [1.54, 1.807) is 0 Å². The maximum absolute atomic E-state index is 12.5. The van der Waals surface area contributed by atoms with Crippen molar-refractivity contribution in [1.82, 2.24) is 9.88 Å². The van der Waals surface area contributed by atoms with Crippen LogP contribution >= 0.6 is 23.1 Å². The van der Waals surface area contributed by atoms with E-state index in [2.05, 4.69) is 24.1 Å². The topological polar surface area (TPSA) is 71.2 Å². The molecule has 5 nitrogen and oxygen atoms in total. The second kappa shape index (κ2) is 6.00. The summed E-state index contributed by atoms with van der Waals surface area (Å²) in [7, 11) is 0. The Hall–Kier alpha value is -0.950. The van der Waals surface area contributed by atoms with Crippen LogP contribution in [0.4, 0.5) is 10.9 Å². The van der Waals surface area contributed by atoms with Crippen molar-refractivity contribution in [2.24, 2.45) is 0 Å². The Balaban J connectivity index is 2.14. The van der Waals surface area contributed by atoms with Crippen LogP contribution in [-0.4, -0.2) is 45.9 Å². The summed E-state index contributed by atoms with van der Waals surface area (Å²) in [4.78, 5) is 19.1. The maximum Gasteiger partial charge on any atom is 0.267 e. The van der Waals surface area contributed by atoms with Crippen LogP contribution in [0.25, 0.3) is 0 Å². The smallest absolute Gasteiger partial charge is 0.267 e. The highest BCUT2D eigenvalue weighted by molar-refractivity contribution is 8.00. The Morgan fingerprint density at radius 1 is 1.47 bits per heavy atom. The maximum atomic E-state index is 12.5. The number of aromatic nitrogens is 1. The fourth-order valence-corrected chi connectivity index (χ4v) is 4.44. The van der Waals surface area contributed by atoms with E-state index in [0.717, 1.165) is 24.8 Å². The van der Waals surface area contributed by atoms with Crippen molar-refractivity contribution >= 4 is 40.0 Å². The molecule has 0 radical (unpaired) electrons. The van der Waals surface area contributed by atoms with Gasteiger partial charge in [-0.25, -0.2) is 4.98 Å². The summed E-state index contributed by atoms with van der Waals surface area (Å²) >= 11 is 3.27. The van der Waals surface area contributed by atoms with Gasteiger partial charge in [-0.15, -0.1) is 0 Å². The SMILES string of the molecule is CCNc1nc(N)c(C(=O)N2CC(C)SC(C)C2)s1. The van der Waals surface area contributed by atoms with Gasteiger partial charge in [0.05, 0.1) is 0 Å². The highest BCUT2D eigenvalue weighted by atomic mass is 32.2. The van der Waals surface area contributed by atoms with Crippen LogP contribution < -0.4 is 11.1 Å². The van der Waals surface area contributed by atoms with Gasteiger partial charge in [-0.05, 0) is 6.92 Å². The number of nitrogens with two attached hydrogens (primary N) is 1. The predicted octanol–water partition coefficient (Wildman–Crippen LogP) is 2.12. The fourth-order valence-electron chi connectivity index (χ4n) is 2.20. The van der Waals surface area contributed by atoms with Crippen LogP contribution in [0, 0.1) is 0 Å². The number of carbonyl (C=O) groups excluding carboxylic acids is 1. The molecule has 2 rings (SSSR count). The van der Waals surface area contributed by atoms with E-state index in [0.29, 0.717) is 21.2 Å². The van der Waals surface area contributed by atoms with Gasteiger partial charge in [-0.2, -0.15) is 11.8 Å². The van der Waals surface area contributed by atoms with Gasteiger partial charge in [0.25, 0.3) is 5.91 Å². The zero-order valence-electron chi connectivity index (χ0n) is 11.5. The molecular weight excluding hydrogens is 280 g/mol. The van der Waals surface area contributed by atoms with Crippen molar-refractivity contribution in [3.05, 3.63) is 4.88 Å². The van der Waals surface area contributed by atoms with Gasteiger partial charge in [0, 0.05) is 30.1 Å². The first-order valence-corrected chi connectivity index (χ1v) is 8.22. The van der Waals surface area contributed by atoms with Crippen molar-refractivity contribution in [2.45, 2.75) is 31.3 Å². The Bertz CT molecular complexity index is 453. The first-order valence-electron chi connectivity index (χ1n) is 6.46. The van der Waals surface area contributed by atoms with Gasteiger partial charge in [0.2, 0.25) is 0 Å². The van der Waals surface area contributed by atoms with Crippen LogP contribution in [0.5, 0.6) is 0 Å². The molecule has 106 valence electrons. The minimum absolute atomic E-state index is 0.0122. The third-order valence-corrected chi connectivity index (χ3v) is 5.13. The number of nitrogen functional groups attached to an aromatic ring is 1. The minimum atomic E-state index is 0.0122. The van der Waals surface area contributed by atoms with Crippen LogP contribution in [0.3, 0.4) is 0 Å². The molecule has 0 spiro atoms. The standard InChI is InChI=1S/C12H20N4OS2/c1-4-14-12-15-10(13)9(19-12)11(17)16-5-7(2)18-8(3)6-16/h7-8H,4-6,13H2,1-3H3,(H,14,15). The Morgan fingerprint density at radius 2 is 2.11 bits per heavy atom. The zero-order chi connectivity index (χ0) is 14.0. The summed E-state index contributed by atoms with van der Waals surface area (Å²) in [6, 6.07) is 0. The average Bonchev–Trinajstić information content (AvgIpc) is 2.68. The third-order valence-electron chi connectivity index (χ3n) is 2.88. The molecule has 0 aliphatic carbocycles. The third kappa shape index (κ3) is 3.33. The first kappa shape index (κ1) is 14.5. The van der Waals surface area contributed by atoms with Crippen molar-refractivity contribution in [3.63, 3.8) is 0 Å². The second-order valence-electron chi connectivity index (χ2n) is 4.73. The Morgan fingerprint density at radius 3 is 2.68 bits per heavy atom. The lowest BCUT2D eigenvalue weighted by atomic mass is 10.3. The molecule has 1 aromatic heterocycles. The number of hydrogen-bond donors (Lipinski definition) is 2. The number of anilines is 2. The lowest BCUT2D eigenvalue weighted by Crippen LogP contribution is -2.43. The van der Waals surface area contributed by atoms with Crippen molar-refractivity contribution in [3.8, 4) is 0 Å². The van der Waals surface area contributed by atoms with E-state index in [9.17, 15) is 4.79 Å². The van der Waals surface area contributed by atoms with E-state index < -0.39 is 0 Å². The van der Waals surface area contributed by atoms with Gasteiger partial charge in [0.1, 0.15) is 10.7 Å². The number of rotatable bonds is 3. The molecule has 1 aromatic rings. The van der Waals surface area contributed by atoms with E-state index in [1.165, 1.54) is 11.3 Å². The second-order valence-corrected chi connectivity index (χ2v) is 7.61. The quantitative estimate of drug-likeness (QED) is 0.894. The zero-order valence-corrected chi connectivity index (χ0v) is 13.1. The molecule has 1 aliphatic heterocycles. The number of thiazole rings is 1. The van der Waals surface area contributed by atoms with Crippen molar-refractivity contribution in [1.29, 1.82) is 0 Å². The van der Waals surface area contributed by atoms with Gasteiger partial charge in [-0.1, -0.05) is 25.2 Å². The number of amides is 1. The summed E-state index contributed by atoms with van der Waals surface area (Å²) in [6.45, 7) is 8.63. The Labute approximate surface area is 122 Å². The molecule has 1 amide bonds. The first-order chi connectivity index (χ1) is 9.01. The molecule has 2 atom stereocenters. The number of carbonyl (C=O) groups is 1. The molecule has 7 heteroatoms. The normalized spacial score (nSPS) is 23.4. The minimum Gasteiger partial charge on any atom is -0.382 e. The van der Waals surface area contributed by atoms with E-state index in [4.69, 9.17) is 5.73 Å². The lowest BCUT2D eigenvalue weighted by molar-refractivity contribution is 0.0759. The molecule has 1 saturated heterocycles. The van der Waals surface area contributed by atoms with E-state index in [1.807, 2.05) is 23.6 Å². The van der Waals surface area contributed by atoms with Crippen LogP contribution in [-0.2, 0) is 0 Å². The monoisotopic (exact) mass is 300 g/mol. The summed E-state index contributed by atoms with van der Waals surface area (Å²) < 4.78 is 0. The summed E-state index contributed by atoms with van der Waals surface area (Å²) in [5, 5.41) is 4.75.